The van der Waals surface area contributed by atoms with Gasteiger partial charge in [-0.25, -0.2) is 0 Å². The van der Waals surface area contributed by atoms with Crippen LogP contribution in [0.1, 0.15) is 23.1 Å². The second kappa shape index (κ2) is 6.99. The van der Waals surface area contributed by atoms with E-state index >= 15 is 0 Å². The highest BCUT2D eigenvalue weighted by atomic mass is 32.2. The van der Waals surface area contributed by atoms with Crippen molar-refractivity contribution >= 4 is 23.4 Å². The smallest absolute Gasteiger partial charge is 0.271 e. The van der Waals surface area contributed by atoms with Gasteiger partial charge in [-0.2, -0.15) is 16.9 Å². The number of carbonyl (C=O) groups is 1. The van der Waals surface area contributed by atoms with Crippen molar-refractivity contribution in [1.29, 1.82) is 0 Å². The lowest BCUT2D eigenvalue weighted by Crippen LogP contribution is -2.39. The third-order valence-electron chi connectivity index (χ3n) is 3.51. The number of nitrogens with one attached hydrogen (secondary N) is 1. The van der Waals surface area contributed by atoms with Crippen LogP contribution in [0.4, 0.5) is 5.69 Å². The molecule has 6 nitrogen and oxygen atoms in total. The van der Waals surface area contributed by atoms with Gasteiger partial charge in [-0.15, -0.1) is 0 Å². The van der Waals surface area contributed by atoms with Gasteiger partial charge in [0.2, 0.25) is 0 Å². The largest absolute Gasteiger partial charge is 0.395 e. The molecule has 2 rings (SSSR count). The highest BCUT2D eigenvalue weighted by molar-refractivity contribution is 7.99. The molecule has 0 aliphatic carbocycles. The molecule has 20 heavy (non-hydrogen) atoms. The maximum Gasteiger partial charge on any atom is 0.271 e. The first-order chi connectivity index (χ1) is 9.63. The summed E-state index contributed by atoms with van der Waals surface area (Å²) in [6.07, 6.45) is 0. The van der Waals surface area contributed by atoms with Gasteiger partial charge in [0.25, 0.3) is 5.91 Å². The maximum atomic E-state index is 12.2. The normalized spacial score (nSPS) is 16.3. The van der Waals surface area contributed by atoms with Crippen LogP contribution in [-0.4, -0.2) is 58.3 Å². The molecule has 0 spiro atoms. The van der Waals surface area contributed by atoms with Crippen molar-refractivity contribution in [3.63, 3.8) is 0 Å². The summed E-state index contributed by atoms with van der Waals surface area (Å²) in [5, 5.41) is 7.21. The second-order valence-electron chi connectivity index (χ2n) is 4.87. The Hall–Kier alpha value is -1.21. The molecule has 1 aromatic rings. The van der Waals surface area contributed by atoms with Gasteiger partial charge in [0.1, 0.15) is 5.69 Å². The number of aromatic nitrogens is 2. The zero-order chi connectivity index (χ0) is 14.5. The van der Waals surface area contributed by atoms with Crippen molar-refractivity contribution in [2.75, 3.05) is 43.4 Å². The highest BCUT2D eigenvalue weighted by Gasteiger charge is 2.19. The Labute approximate surface area is 124 Å². The quantitative estimate of drug-likeness (QED) is 0.831. The van der Waals surface area contributed by atoms with Crippen LogP contribution in [0.5, 0.6) is 0 Å². The Kier molecular flexibility index (Phi) is 5.31. The number of hydrogen-bond acceptors (Lipinski definition) is 5. The summed E-state index contributed by atoms with van der Waals surface area (Å²) in [6.45, 7) is 8.17. The van der Waals surface area contributed by atoms with Crippen LogP contribution in [0, 0.1) is 6.92 Å². The molecule has 0 unspecified atom stereocenters. The first-order valence-corrected chi connectivity index (χ1v) is 8.20. The van der Waals surface area contributed by atoms with Gasteiger partial charge in [-0.05, 0) is 13.8 Å². The number of aryl methyl sites for hydroxylation is 2. The van der Waals surface area contributed by atoms with Gasteiger partial charge >= 0.3 is 0 Å². The Morgan fingerprint density at radius 3 is 2.80 bits per heavy atom. The van der Waals surface area contributed by atoms with E-state index in [1.165, 1.54) is 11.5 Å². The summed E-state index contributed by atoms with van der Waals surface area (Å²) in [5.74, 6) is 2.24. The standard InChI is InChI=1S/C13H23N5OS/c1-3-18-12(11(14)10(2)16-18)13(19)15-4-5-17-6-8-20-9-7-17/h3-9,14H2,1-2H3,(H,15,19). The van der Waals surface area contributed by atoms with Crippen molar-refractivity contribution in [3.05, 3.63) is 11.4 Å². The summed E-state index contributed by atoms with van der Waals surface area (Å²) in [7, 11) is 0. The molecule has 1 aliphatic heterocycles. The van der Waals surface area contributed by atoms with Crippen LogP contribution in [0.2, 0.25) is 0 Å². The van der Waals surface area contributed by atoms with E-state index in [1.54, 1.807) is 4.68 Å². The third kappa shape index (κ3) is 3.46. The number of amides is 1. The van der Waals surface area contributed by atoms with Gasteiger partial charge in [0.05, 0.1) is 11.4 Å². The summed E-state index contributed by atoms with van der Waals surface area (Å²) in [6, 6.07) is 0. The summed E-state index contributed by atoms with van der Waals surface area (Å²) >= 11 is 1.99. The molecule has 112 valence electrons. The maximum absolute atomic E-state index is 12.2. The third-order valence-corrected chi connectivity index (χ3v) is 4.45. The number of rotatable bonds is 5. The minimum Gasteiger partial charge on any atom is -0.395 e. The molecule has 0 radical (unpaired) electrons. The van der Waals surface area contributed by atoms with E-state index in [9.17, 15) is 4.79 Å². The molecular formula is C13H23N5OS. The monoisotopic (exact) mass is 297 g/mol. The molecule has 0 aromatic carbocycles. The average molecular weight is 297 g/mol. The molecular weight excluding hydrogens is 274 g/mol. The highest BCUT2D eigenvalue weighted by Crippen LogP contribution is 2.16. The van der Waals surface area contributed by atoms with Gasteiger partial charge in [0.15, 0.2) is 0 Å². The van der Waals surface area contributed by atoms with Crippen molar-refractivity contribution < 1.29 is 4.79 Å². The number of nitrogens with zero attached hydrogens (tertiary/aromatic N) is 3. The number of nitrogen functional groups attached to an aromatic ring is 1. The Morgan fingerprint density at radius 1 is 1.45 bits per heavy atom. The Morgan fingerprint density at radius 2 is 2.15 bits per heavy atom. The molecule has 1 aliphatic rings. The average Bonchev–Trinajstić information content (AvgIpc) is 2.75. The van der Waals surface area contributed by atoms with Gasteiger partial charge in [-0.3, -0.25) is 14.4 Å². The van der Waals surface area contributed by atoms with Crippen LogP contribution in [0.15, 0.2) is 0 Å². The van der Waals surface area contributed by atoms with Gasteiger partial charge in [-0.1, -0.05) is 0 Å². The summed E-state index contributed by atoms with van der Waals surface area (Å²) < 4.78 is 1.66. The number of anilines is 1. The molecule has 1 aromatic heterocycles. The van der Waals surface area contributed by atoms with Crippen LogP contribution in [0.25, 0.3) is 0 Å². The molecule has 0 atom stereocenters. The predicted molar refractivity (Wildman–Crippen MR) is 83.1 cm³/mol. The minimum atomic E-state index is -0.128. The molecule has 0 bridgehead atoms. The fourth-order valence-corrected chi connectivity index (χ4v) is 3.28. The van der Waals surface area contributed by atoms with E-state index in [0.29, 0.717) is 30.2 Å². The molecule has 0 saturated carbocycles. The van der Waals surface area contributed by atoms with Crippen LogP contribution in [-0.2, 0) is 6.54 Å². The van der Waals surface area contributed by atoms with Gasteiger partial charge in [0, 0.05) is 44.2 Å². The van der Waals surface area contributed by atoms with E-state index in [0.717, 1.165) is 19.6 Å². The van der Waals surface area contributed by atoms with Crippen molar-refractivity contribution in [2.45, 2.75) is 20.4 Å². The SMILES string of the molecule is CCn1nc(C)c(N)c1C(=O)NCCN1CCSCC1. The minimum absolute atomic E-state index is 0.128. The van der Waals surface area contributed by atoms with Crippen molar-refractivity contribution in [1.82, 2.24) is 20.0 Å². The first-order valence-electron chi connectivity index (χ1n) is 7.04. The van der Waals surface area contributed by atoms with Crippen LogP contribution >= 0.6 is 11.8 Å². The predicted octanol–water partition coefficient (Wildman–Crippen LogP) is 0.572. The molecule has 3 N–H and O–H groups in total. The summed E-state index contributed by atoms with van der Waals surface area (Å²) in [4.78, 5) is 14.6. The lowest BCUT2D eigenvalue weighted by atomic mass is 10.3. The fourth-order valence-electron chi connectivity index (χ4n) is 2.30. The van der Waals surface area contributed by atoms with Gasteiger partial charge < -0.3 is 11.1 Å². The van der Waals surface area contributed by atoms with E-state index in [4.69, 9.17) is 5.73 Å². The van der Waals surface area contributed by atoms with E-state index in [1.807, 2.05) is 25.6 Å². The Balaban J connectivity index is 1.88. The molecule has 7 heteroatoms. The zero-order valence-electron chi connectivity index (χ0n) is 12.2. The molecule has 2 heterocycles. The number of hydrogen-bond donors (Lipinski definition) is 2. The molecule has 1 fully saturated rings. The number of nitrogens with two attached hydrogens (primary N) is 1. The lowest BCUT2D eigenvalue weighted by molar-refractivity contribution is 0.0939. The number of thioether (sulfide) groups is 1. The molecule has 1 saturated heterocycles. The molecule has 1 amide bonds. The van der Waals surface area contributed by atoms with Crippen molar-refractivity contribution in [2.24, 2.45) is 0 Å². The van der Waals surface area contributed by atoms with E-state index in [2.05, 4.69) is 15.3 Å². The van der Waals surface area contributed by atoms with E-state index in [-0.39, 0.29) is 5.91 Å². The fraction of sp³-hybridized carbons (Fsp3) is 0.692. The Bertz CT molecular complexity index is 468. The van der Waals surface area contributed by atoms with Crippen molar-refractivity contribution in [3.8, 4) is 0 Å². The lowest BCUT2D eigenvalue weighted by Gasteiger charge is -2.26. The first kappa shape index (κ1) is 15.2. The van der Waals surface area contributed by atoms with Crippen LogP contribution in [0.3, 0.4) is 0 Å². The topological polar surface area (TPSA) is 76.2 Å². The van der Waals surface area contributed by atoms with E-state index < -0.39 is 0 Å². The second-order valence-corrected chi connectivity index (χ2v) is 6.10. The number of carbonyl (C=O) groups excluding carboxylic acids is 1. The zero-order valence-corrected chi connectivity index (χ0v) is 13.0. The summed E-state index contributed by atoms with van der Waals surface area (Å²) in [5.41, 5.74) is 7.62. The van der Waals surface area contributed by atoms with Crippen LogP contribution < -0.4 is 11.1 Å².